The van der Waals surface area contributed by atoms with Crippen molar-refractivity contribution in [3.63, 3.8) is 0 Å². The third kappa shape index (κ3) is 1.95. The van der Waals surface area contributed by atoms with Crippen LogP contribution in [0.2, 0.25) is 0 Å². The van der Waals surface area contributed by atoms with Gasteiger partial charge in [-0.1, -0.05) is 0 Å². The van der Waals surface area contributed by atoms with Crippen LogP contribution in [-0.4, -0.2) is 14.2 Å². The molecule has 0 unspecified atom stereocenters. The van der Waals surface area contributed by atoms with Crippen LogP contribution in [-0.2, 0) is 0 Å². The number of thiophene rings is 2. The summed E-state index contributed by atoms with van der Waals surface area (Å²) < 4.78 is 10.7. The summed E-state index contributed by atoms with van der Waals surface area (Å²) in [5.74, 6) is 1.90. The monoisotopic (exact) mass is 254 g/mol. The predicted molar refractivity (Wildman–Crippen MR) is 70.2 cm³/mol. The van der Waals surface area contributed by atoms with Crippen molar-refractivity contribution in [2.75, 3.05) is 14.2 Å². The van der Waals surface area contributed by atoms with Crippen LogP contribution in [0.4, 0.5) is 0 Å². The summed E-state index contributed by atoms with van der Waals surface area (Å²) in [6, 6.07) is 4.15. The van der Waals surface area contributed by atoms with Crippen LogP contribution >= 0.6 is 22.7 Å². The molecule has 86 valence electrons. The molecule has 2 nitrogen and oxygen atoms in total. The Hall–Kier alpha value is -1.00. The van der Waals surface area contributed by atoms with E-state index in [0.717, 1.165) is 11.5 Å². The van der Waals surface area contributed by atoms with E-state index in [2.05, 4.69) is 26.0 Å². The maximum Gasteiger partial charge on any atom is 0.138 e. The molecule has 0 atom stereocenters. The lowest BCUT2D eigenvalue weighted by Gasteiger charge is -1.98. The first-order valence-electron chi connectivity index (χ1n) is 4.95. The van der Waals surface area contributed by atoms with Gasteiger partial charge in [-0.2, -0.15) is 0 Å². The summed E-state index contributed by atoms with van der Waals surface area (Å²) in [5.41, 5.74) is 0. The number of hydrogen-bond acceptors (Lipinski definition) is 4. The van der Waals surface area contributed by atoms with Crippen molar-refractivity contribution in [2.45, 2.75) is 13.8 Å². The number of aryl methyl sites for hydroxylation is 2. The van der Waals surface area contributed by atoms with E-state index in [1.165, 1.54) is 19.5 Å². The fourth-order valence-electron chi connectivity index (χ4n) is 1.59. The molecule has 0 aromatic carbocycles. The summed E-state index contributed by atoms with van der Waals surface area (Å²) in [7, 11) is 3.42. The summed E-state index contributed by atoms with van der Waals surface area (Å²) in [5, 5.41) is 0. The SMILES string of the molecule is COc1cc(-c2sc(C)cc2OC)sc1C. The minimum absolute atomic E-state index is 0.950. The van der Waals surface area contributed by atoms with E-state index in [0.29, 0.717) is 0 Å². The van der Waals surface area contributed by atoms with Gasteiger partial charge in [0.25, 0.3) is 0 Å². The molecule has 0 spiro atoms. The van der Waals surface area contributed by atoms with E-state index >= 15 is 0 Å². The smallest absolute Gasteiger partial charge is 0.138 e. The van der Waals surface area contributed by atoms with Gasteiger partial charge in [-0.15, -0.1) is 22.7 Å². The van der Waals surface area contributed by atoms with Crippen molar-refractivity contribution in [2.24, 2.45) is 0 Å². The molecule has 0 aliphatic heterocycles. The van der Waals surface area contributed by atoms with Gasteiger partial charge in [0.1, 0.15) is 11.5 Å². The van der Waals surface area contributed by atoms with Gasteiger partial charge in [-0.3, -0.25) is 0 Å². The highest BCUT2D eigenvalue weighted by Crippen LogP contribution is 2.44. The molecule has 2 heterocycles. The number of rotatable bonds is 3. The van der Waals surface area contributed by atoms with Crippen molar-refractivity contribution in [1.29, 1.82) is 0 Å². The average Bonchev–Trinajstić information content (AvgIpc) is 2.81. The Bertz CT molecular complexity index is 497. The van der Waals surface area contributed by atoms with Gasteiger partial charge >= 0.3 is 0 Å². The van der Waals surface area contributed by atoms with E-state index < -0.39 is 0 Å². The normalized spacial score (nSPS) is 10.5. The zero-order valence-electron chi connectivity index (χ0n) is 9.79. The maximum absolute atomic E-state index is 5.38. The third-order valence-electron chi connectivity index (χ3n) is 2.36. The van der Waals surface area contributed by atoms with Crippen LogP contribution < -0.4 is 9.47 Å². The van der Waals surface area contributed by atoms with Crippen LogP contribution in [0.3, 0.4) is 0 Å². The summed E-state index contributed by atoms with van der Waals surface area (Å²) >= 11 is 3.49. The van der Waals surface area contributed by atoms with Gasteiger partial charge in [-0.05, 0) is 19.9 Å². The lowest BCUT2D eigenvalue weighted by Crippen LogP contribution is -1.80. The molecule has 2 aromatic heterocycles. The molecule has 0 N–H and O–H groups in total. The lowest BCUT2D eigenvalue weighted by molar-refractivity contribution is 0.414. The van der Waals surface area contributed by atoms with Gasteiger partial charge < -0.3 is 9.47 Å². The quantitative estimate of drug-likeness (QED) is 0.820. The maximum atomic E-state index is 5.38. The molecule has 0 fully saturated rings. The molecular weight excluding hydrogens is 240 g/mol. The first-order valence-corrected chi connectivity index (χ1v) is 6.58. The molecule has 2 rings (SSSR count). The highest BCUT2D eigenvalue weighted by molar-refractivity contribution is 7.22. The molecule has 0 radical (unpaired) electrons. The van der Waals surface area contributed by atoms with Crippen LogP contribution in [0.25, 0.3) is 9.75 Å². The van der Waals surface area contributed by atoms with Gasteiger partial charge in [0.15, 0.2) is 0 Å². The molecule has 4 heteroatoms. The Morgan fingerprint density at radius 2 is 1.62 bits per heavy atom. The molecular formula is C12H14O2S2. The number of hydrogen-bond donors (Lipinski definition) is 0. The largest absolute Gasteiger partial charge is 0.496 e. The fourth-order valence-corrected chi connectivity index (χ4v) is 3.67. The van der Waals surface area contributed by atoms with Crippen LogP contribution in [0, 0.1) is 13.8 Å². The zero-order valence-corrected chi connectivity index (χ0v) is 11.4. The average molecular weight is 254 g/mol. The highest BCUT2D eigenvalue weighted by atomic mass is 32.1. The molecule has 16 heavy (non-hydrogen) atoms. The van der Waals surface area contributed by atoms with Crippen LogP contribution in [0.15, 0.2) is 12.1 Å². The first-order chi connectivity index (χ1) is 7.65. The Morgan fingerprint density at radius 3 is 2.19 bits per heavy atom. The lowest BCUT2D eigenvalue weighted by atomic mass is 10.3. The number of ether oxygens (including phenoxy) is 2. The van der Waals surface area contributed by atoms with Crippen molar-refractivity contribution >= 4 is 22.7 Å². The molecule has 0 aliphatic rings. The van der Waals surface area contributed by atoms with Crippen LogP contribution in [0.5, 0.6) is 11.5 Å². The van der Waals surface area contributed by atoms with E-state index in [-0.39, 0.29) is 0 Å². The minimum Gasteiger partial charge on any atom is -0.496 e. The second kappa shape index (κ2) is 4.47. The summed E-state index contributed by atoms with van der Waals surface area (Å²) in [4.78, 5) is 4.86. The second-order valence-electron chi connectivity index (χ2n) is 3.49. The zero-order chi connectivity index (χ0) is 11.7. The predicted octanol–water partition coefficient (Wildman–Crippen LogP) is 4.11. The van der Waals surface area contributed by atoms with Gasteiger partial charge in [0.2, 0.25) is 0 Å². The van der Waals surface area contributed by atoms with E-state index in [4.69, 9.17) is 9.47 Å². The second-order valence-corrected chi connectivity index (χ2v) is 6.00. The first kappa shape index (κ1) is 11.5. The minimum atomic E-state index is 0.950. The highest BCUT2D eigenvalue weighted by Gasteiger charge is 2.14. The summed E-state index contributed by atoms with van der Waals surface area (Å²) in [6.45, 7) is 4.16. The number of methoxy groups -OCH3 is 2. The van der Waals surface area contributed by atoms with E-state index in [1.54, 1.807) is 36.9 Å². The molecule has 2 aromatic rings. The molecule has 0 saturated heterocycles. The fraction of sp³-hybridized carbons (Fsp3) is 0.333. The van der Waals surface area contributed by atoms with E-state index in [9.17, 15) is 0 Å². The molecule has 0 saturated carbocycles. The molecule has 0 bridgehead atoms. The van der Waals surface area contributed by atoms with Crippen molar-refractivity contribution < 1.29 is 9.47 Å². The molecule has 0 aliphatic carbocycles. The van der Waals surface area contributed by atoms with Crippen LogP contribution in [0.1, 0.15) is 9.75 Å². The topological polar surface area (TPSA) is 18.5 Å². The van der Waals surface area contributed by atoms with Gasteiger partial charge in [-0.25, -0.2) is 0 Å². The summed E-state index contributed by atoms with van der Waals surface area (Å²) in [6.07, 6.45) is 0. The molecule has 0 amide bonds. The van der Waals surface area contributed by atoms with Gasteiger partial charge in [0.05, 0.1) is 24.0 Å². The third-order valence-corrected chi connectivity index (χ3v) is 4.60. The van der Waals surface area contributed by atoms with Crippen molar-refractivity contribution in [3.8, 4) is 21.3 Å². The van der Waals surface area contributed by atoms with Crippen molar-refractivity contribution in [3.05, 3.63) is 21.9 Å². The Morgan fingerprint density at radius 1 is 0.938 bits per heavy atom. The standard InChI is InChI=1S/C12H14O2S2/c1-7-5-10(14-4)12(15-7)11-6-9(13-3)8(2)16-11/h5-6H,1-4H3. The van der Waals surface area contributed by atoms with E-state index in [1.807, 2.05) is 0 Å². The Kier molecular flexibility index (Phi) is 3.21. The Balaban J connectivity index is 2.49. The van der Waals surface area contributed by atoms with Gasteiger partial charge in [0, 0.05) is 15.8 Å². The van der Waals surface area contributed by atoms with Crippen molar-refractivity contribution in [1.82, 2.24) is 0 Å². The Labute approximate surface area is 103 Å².